The third-order valence-corrected chi connectivity index (χ3v) is 4.82. The number of anilines is 2. The molecule has 2 aromatic carbocycles. The molecule has 3 rings (SSSR count). The van der Waals surface area contributed by atoms with Crippen molar-refractivity contribution < 1.29 is 14.3 Å². The van der Waals surface area contributed by atoms with Gasteiger partial charge in [-0.3, -0.25) is 9.59 Å². The van der Waals surface area contributed by atoms with Crippen molar-refractivity contribution in [3.05, 3.63) is 53.1 Å². The molecule has 5 heteroatoms. The van der Waals surface area contributed by atoms with E-state index < -0.39 is 0 Å². The van der Waals surface area contributed by atoms with Crippen LogP contribution in [0.3, 0.4) is 0 Å². The Hall–Kier alpha value is -2.82. The zero-order chi connectivity index (χ0) is 18.7. The van der Waals surface area contributed by atoms with Crippen molar-refractivity contribution in [1.82, 2.24) is 0 Å². The molecule has 0 bridgehead atoms. The van der Waals surface area contributed by atoms with Gasteiger partial charge in [-0.05, 0) is 68.1 Å². The smallest absolute Gasteiger partial charge is 0.255 e. The number of carbonyl (C=O) groups excluding carboxylic acids is 2. The number of nitrogens with one attached hydrogen (secondary N) is 1. The molecule has 1 saturated heterocycles. The topological polar surface area (TPSA) is 58.6 Å². The van der Waals surface area contributed by atoms with Crippen LogP contribution in [0.2, 0.25) is 0 Å². The van der Waals surface area contributed by atoms with E-state index in [1.54, 1.807) is 30.2 Å². The minimum atomic E-state index is -0.172. The lowest BCUT2D eigenvalue weighted by Crippen LogP contribution is -2.35. The Morgan fingerprint density at radius 2 is 1.88 bits per heavy atom. The maximum Gasteiger partial charge on any atom is 0.255 e. The van der Waals surface area contributed by atoms with E-state index in [1.807, 2.05) is 32.0 Å². The molecule has 1 N–H and O–H groups in total. The lowest BCUT2D eigenvalue weighted by Gasteiger charge is -2.28. The molecule has 1 aliphatic heterocycles. The molecule has 0 atom stereocenters. The minimum absolute atomic E-state index is 0.0900. The van der Waals surface area contributed by atoms with Crippen LogP contribution in [0.1, 0.15) is 40.7 Å². The molecule has 1 aliphatic rings. The van der Waals surface area contributed by atoms with E-state index >= 15 is 0 Å². The average Bonchev–Trinajstić information content (AvgIpc) is 2.64. The van der Waals surface area contributed by atoms with Gasteiger partial charge in [0.05, 0.1) is 12.8 Å². The normalized spacial score (nSPS) is 14.3. The van der Waals surface area contributed by atoms with E-state index in [0.29, 0.717) is 35.7 Å². The van der Waals surface area contributed by atoms with Crippen LogP contribution in [0.5, 0.6) is 5.75 Å². The summed E-state index contributed by atoms with van der Waals surface area (Å²) in [6.45, 7) is 4.67. The summed E-state index contributed by atoms with van der Waals surface area (Å²) in [7, 11) is 1.58. The first-order valence-corrected chi connectivity index (χ1v) is 8.86. The van der Waals surface area contributed by atoms with Crippen LogP contribution in [0, 0.1) is 13.8 Å². The molecule has 2 amide bonds. The molecule has 0 aliphatic carbocycles. The molecule has 1 heterocycles. The van der Waals surface area contributed by atoms with Crippen LogP contribution in [-0.4, -0.2) is 25.5 Å². The lowest BCUT2D eigenvalue weighted by molar-refractivity contribution is -0.119. The third kappa shape index (κ3) is 3.72. The number of methoxy groups -OCH3 is 1. The van der Waals surface area contributed by atoms with Crippen molar-refractivity contribution in [3.63, 3.8) is 0 Å². The number of aryl methyl sites for hydroxylation is 2. The second kappa shape index (κ2) is 7.60. The van der Waals surface area contributed by atoms with Crippen molar-refractivity contribution in [2.75, 3.05) is 23.9 Å². The van der Waals surface area contributed by atoms with Crippen molar-refractivity contribution in [2.24, 2.45) is 0 Å². The summed E-state index contributed by atoms with van der Waals surface area (Å²) >= 11 is 0. The van der Waals surface area contributed by atoms with Gasteiger partial charge in [0.15, 0.2) is 0 Å². The number of ether oxygens (including phenoxy) is 1. The summed E-state index contributed by atoms with van der Waals surface area (Å²) in [5.74, 6) is 0.547. The van der Waals surface area contributed by atoms with E-state index in [-0.39, 0.29) is 11.8 Å². The summed E-state index contributed by atoms with van der Waals surface area (Å²) in [6, 6.07) is 11.0. The summed E-state index contributed by atoms with van der Waals surface area (Å²) < 4.78 is 5.41. The number of amides is 2. The molecule has 0 radical (unpaired) electrons. The summed E-state index contributed by atoms with van der Waals surface area (Å²) in [6.07, 6.45) is 2.43. The van der Waals surface area contributed by atoms with E-state index in [4.69, 9.17) is 4.74 Å². The SMILES string of the molecule is COc1ccc(NC(=O)c2ccc(C)c(C)c2)cc1N1CCCCC1=O. The Bertz CT molecular complexity index is 845. The summed E-state index contributed by atoms with van der Waals surface area (Å²) in [4.78, 5) is 26.6. The molecule has 0 unspecified atom stereocenters. The molecule has 5 nitrogen and oxygen atoms in total. The van der Waals surface area contributed by atoms with Crippen LogP contribution in [-0.2, 0) is 4.79 Å². The zero-order valence-corrected chi connectivity index (χ0v) is 15.5. The number of nitrogens with zero attached hydrogens (tertiary/aromatic N) is 1. The zero-order valence-electron chi connectivity index (χ0n) is 15.5. The fraction of sp³-hybridized carbons (Fsp3) is 0.333. The van der Waals surface area contributed by atoms with Gasteiger partial charge < -0.3 is 15.0 Å². The Balaban J connectivity index is 1.86. The van der Waals surface area contributed by atoms with Crippen molar-refractivity contribution >= 4 is 23.2 Å². The van der Waals surface area contributed by atoms with Crippen LogP contribution in [0.25, 0.3) is 0 Å². The summed E-state index contributed by atoms with van der Waals surface area (Å²) in [5, 5.41) is 2.92. The van der Waals surface area contributed by atoms with Gasteiger partial charge in [0.25, 0.3) is 5.91 Å². The minimum Gasteiger partial charge on any atom is -0.495 e. The standard InChI is InChI=1S/C21H24N2O3/c1-14-7-8-16(12-15(14)2)21(25)22-17-9-10-19(26-3)18(13-17)23-11-5-4-6-20(23)24/h7-10,12-13H,4-6,11H2,1-3H3,(H,22,25). The van der Waals surface area contributed by atoms with E-state index in [9.17, 15) is 9.59 Å². The first kappa shape index (κ1) is 18.0. The molecule has 0 saturated carbocycles. The predicted octanol–water partition coefficient (Wildman–Crippen LogP) is 4.08. The fourth-order valence-corrected chi connectivity index (χ4v) is 3.13. The van der Waals surface area contributed by atoms with Gasteiger partial charge in [0.2, 0.25) is 5.91 Å². The lowest BCUT2D eigenvalue weighted by atomic mass is 10.1. The van der Waals surface area contributed by atoms with Crippen LogP contribution in [0.15, 0.2) is 36.4 Å². The highest BCUT2D eigenvalue weighted by Gasteiger charge is 2.23. The monoisotopic (exact) mass is 352 g/mol. The van der Waals surface area contributed by atoms with Gasteiger partial charge in [-0.15, -0.1) is 0 Å². The highest BCUT2D eigenvalue weighted by molar-refractivity contribution is 6.05. The van der Waals surface area contributed by atoms with Gasteiger partial charge >= 0.3 is 0 Å². The van der Waals surface area contributed by atoms with Crippen LogP contribution >= 0.6 is 0 Å². The molecule has 136 valence electrons. The predicted molar refractivity (Wildman–Crippen MR) is 103 cm³/mol. The second-order valence-corrected chi connectivity index (χ2v) is 6.64. The first-order valence-electron chi connectivity index (χ1n) is 8.86. The van der Waals surface area contributed by atoms with Crippen molar-refractivity contribution in [1.29, 1.82) is 0 Å². The van der Waals surface area contributed by atoms with Gasteiger partial charge in [-0.2, -0.15) is 0 Å². The number of piperidine rings is 1. The Kier molecular flexibility index (Phi) is 5.26. The second-order valence-electron chi connectivity index (χ2n) is 6.64. The van der Waals surface area contributed by atoms with Crippen molar-refractivity contribution in [3.8, 4) is 5.75 Å². The maximum absolute atomic E-state index is 12.6. The first-order chi connectivity index (χ1) is 12.5. The number of rotatable bonds is 4. The quantitative estimate of drug-likeness (QED) is 0.902. The molecule has 2 aromatic rings. The van der Waals surface area contributed by atoms with Crippen LogP contribution in [0.4, 0.5) is 11.4 Å². The highest BCUT2D eigenvalue weighted by atomic mass is 16.5. The number of benzene rings is 2. The highest BCUT2D eigenvalue weighted by Crippen LogP contribution is 2.33. The maximum atomic E-state index is 12.6. The van der Waals surface area contributed by atoms with Crippen LogP contribution < -0.4 is 15.0 Å². The van der Waals surface area contributed by atoms with Gasteiger partial charge in [-0.25, -0.2) is 0 Å². The van der Waals surface area contributed by atoms with Crippen molar-refractivity contribution in [2.45, 2.75) is 33.1 Å². The summed E-state index contributed by atoms with van der Waals surface area (Å²) in [5.41, 5.74) is 4.18. The van der Waals surface area contributed by atoms with Gasteiger partial charge in [-0.1, -0.05) is 6.07 Å². The average molecular weight is 352 g/mol. The Labute approximate surface area is 154 Å². The van der Waals surface area contributed by atoms with Gasteiger partial charge in [0, 0.05) is 24.2 Å². The van der Waals surface area contributed by atoms with E-state index in [2.05, 4.69) is 5.32 Å². The fourth-order valence-electron chi connectivity index (χ4n) is 3.13. The molecule has 1 fully saturated rings. The number of carbonyl (C=O) groups is 2. The molecular formula is C21H24N2O3. The molecular weight excluding hydrogens is 328 g/mol. The molecule has 26 heavy (non-hydrogen) atoms. The number of hydrogen-bond donors (Lipinski definition) is 1. The largest absolute Gasteiger partial charge is 0.495 e. The van der Waals surface area contributed by atoms with E-state index in [0.717, 1.165) is 24.0 Å². The van der Waals surface area contributed by atoms with E-state index in [1.165, 1.54) is 0 Å². The Morgan fingerprint density at radius 1 is 1.08 bits per heavy atom. The van der Waals surface area contributed by atoms with Gasteiger partial charge in [0.1, 0.15) is 5.75 Å². The molecule has 0 aromatic heterocycles. The number of hydrogen-bond acceptors (Lipinski definition) is 3. The molecule has 0 spiro atoms. The third-order valence-electron chi connectivity index (χ3n) is 4.82. The Morgan fingerprint density at radius 3 is 2.58 bits per heavy atom.